The maximum absolute atomic E-state index is 13.3. The number of fused-ring (bicyclic) bond motifs is 1. The number of aromatic nitrogens is 3. The molecule has 5 heterocycles. The zero-order chi connectivity index (χ0) is 23.6. The van der Waals surface area contributed by atoms with Crippen molar-refractivity contribution in [2.24, 2.45) is 5.41 Å². The van der Waals surface area contributed by atoms with E-state index in [4.69, 9.17) is 16.3 Å². The van der Waals surface area contributed by atoms with Crippen molar-refractivity contribution >= 4 is 34.4 Å². The molecule has 4 aromatic rings. The van der Waals surface area contributed by atoms with Gasteiger partial charge in [0.1, 0.15) is 0 Å². The van der Waals surface area contributed by atoms with Crippen LogP contribution in [0.3, 0.4) is 0 Å². The Hall–Kier alpha value is -3.42. The van der Waals surface area contributed by atoms with E-state index < -0.39 is 0 Å². The molecule has 2 aliphatic heterocycles. The number of rotatable bonds is 5. The van der Waals surface area contributed by atoms with Crippen LogP contribution in [-0.2, 0) is 4.74 Å². The molecule has 2 saturated heterocycles. The van der Waals surface area contributed by atoms with E-state index in [9.17, 15) is 4.79 Å². The number of amides is 1. The lowest BCUT2D eigenvalue weighted by molar-refractivity contribution is -0.127. The van der Waals surface area contributed by atoms with E-state index in [1.807, 2.05) is 42.7 Å². The Labute approximate surface area is 207 Å². The second kappa shape index (κ2) is 7.80. The summed E-state index contributed by atoms with van der Waals surface area (Å²) in [6, 6.07) is 13.8. The molecule has 3 aromatic heterocycles. The monoisotopic (exact) mass is 485 g/mol. The molecule has 0 bridgehead atoms. The zero-order valence-corrected chi connectivity index (χ0v) is 19.8. The van der Waals surface area contributed by atoms with Crippen molar-refractivity contribution in [1.82, 2.24) is 14.6 Å². The summed E-state index contributed by atoms with van der Waals surface area (Å²) in [5, 5.41) is 7.83. The molecule has 1 saturated carbocycles. The van der Waals surface area contributed by atoms with E-state index in [0.717, 1.165) is 48.8 Å². The normalized spacial score (nSPS) is 18.4. The number of ether oxygens (including phenoxy) is 1. The molecule has 1 aromatic carbocycles. The zero-order valence-electron chi connectivity index (χ0n) is 19.1. The summed E-state index contributed by atoms with van der Waals surface area (Å²) in [6.45, 7) is 3.64. The first-order valence-electron chi connectivity index (χ1n) is 11.9. The number of hydrogen-bond donors (Lipinski definition) is 1. The minimum atomic E-state index is -0.249. The Balaban J connectivity index is 1.13. The molecular weight excluding hydrogens is 462 g/mol. The molecule has 0 atom stereocenters. The first-order chi connectivity index (χ1) is 17.1. The van der Waals surface area contributed by atoms with Crippen LogP contribution >= 0.6 is 11.6 Å². The van der Waals surface area contributed by atoms with Crippen LogP contribution in [0.2, 0.25) is 5.02 Å². The fourth-order valence-corrected chi connectivity index (χ4v) is 5.23. The molecule has 1 spiro atoms. The average Bonchev–Trinajstić information content (AvgIpc) is 3.58. The van der Waals surface area contributed by atoms with Crippen LogP contribution in [0.5, 0.6) is 0 Å². The van der Waals surface area contributed by atoms with Crippen LogP contribution in [0.25, 0.3) is 16.8 Å². The minimum absolute atomic E-state index is 0.249. The number of benzene rings is 1. The van der Waals surface area contributed by atoms with Gasteiger partial charge in [0.05, 0.1) is 52.3 Å². The largest absolute Gasteiger partial charge is 0.380 e. The van der Waals surface area contributed by atoms with Crippen molar-refractivity contribution < 1.29 is 9.53 Å². The van der Waals surface area contributed by atoms with E-state index in [2.05, 4.69) is 26.4 Å². The Bertz CT molecular complexity index is 1450. The number of anilines is 2. The predicted octanol–water partition coefficient (Wildman–Crippen LogP) is 5.02. The molecule has 0 unspecified atom stereocenters. The van der Waals surface area contributed by atoms with E-state index in [1.165, 1.54) is 18.4 Å². The van der Waals surface area contributed by atoms with Gasteiger partial charge in [-0.05, 0) is 54.7 Å². The van der Waals surface area contributed by atoms with Gasteiger partial charge in [-0.1, -0.05) is 23.7 Å². The Morgan fingerprint density at radius 3 is 2.66 bits per heavy atom. The van der Waals surface area contributed by atoms with Gasteiger partial charge >= 0.3 is 0 Å². The van der Waals surface area contributed by atoms with Gasteiger partial charge in [-0.3, -0.25) is 9.78 Å². The van der Waals surface area contributed by atoms with E-state index >= 15 is 0 Å². The van der Waals surface area contributed by atoms with Crippen molar-refractivity contribution in [1.29, 1.82) is 0 Å². The molecule has 7 rings (SSSR count). The highest BCUT2D eigenvalue weighted by Crippen LogP contribution is 2.41. The first kappa shape index (κ1) is 20.9. The van der Waals surface area contributed by atoms with Crippen molar-refractivity contribution in [3.8, 4) is 11.3 Å². The van der Waals surface area contributed by atoms with Gasteiger partial charge in [0.25, 0.3) is 5.91 Å². The molecule has 1 N–H and O–H groups in total. The molecule has 176 valence electrons. The average molecular weight is 486 g/mol. The summed E-state index contributed by atoms with van der Waals surface area (Å²) in [7, 11) is 0. The number of pyridine rings is 2. The summed E-state index contributed by atoms with van der Waals surface area (Å²) in [5.41, 5.74) is 6.27. The van der Waals surface area contributed by atoms with Crippen LogP contribution < -0.4 is 10.2 Å². The van der Waals surface area contributed by atoms with Crippen molar-refractivity contribution in [3.05, 3.63) is 77.2 Å². The summed E-state index contributed by atoms with van der Waals surface area (Å²) < 4.78 is 7.11. The highest BCUT2D eigenvalue weighted by atomic mass is 35.5. The predicted molar refractivity (Wildman–Crippen MR) is 135 cm³/mol. The lowest BCUT2D eigenvalue weighted by atomic mass is 9.78. The second-order valence-corrected chi connectivity index (χ2v) is 10.4. The van der Waals surface area contributed by atoms with Crippen LogP contribution in [0.4, 0.5) is 11.4 Å². The molecule has 3 fully saturated rings. The smallest absolute Gasteiger partial charge is 0.259 e. The molecular formula is C27H24ClN5O2. The molecule has 1 aliphatic carbocycles. The molecule has 0 radical (unpaired) electrons. The maximum atomic E-state index is 13.3. The lowest BCUT2D eigenvalue weighted by Crippen LogP contribution is -2.66. The van der Waals surface area contributed by atoms with Gasteiger partial charge in [-0.2, -0.15) is 5.10 Å². The number of carbonyl (C=O) groups is 1. The topological polar surface area (TPSA) is 71.8 Å². The fraction of sp³-hybridized carbons (Fsp3) is 0.296. The van der Waals surface area contributed by atoms with Gasteiger partial charge in [0.15, 0.2) is 0 Å². The van der Waals surface area contributed by atoms with Crippen LogP contribution in [0, 0.1) is 5.41 Å². The summed E-state index contributed by atoms with van der Waals surface area (Å²) in [4.78, 5) is 20.2. The Kier molecular flexibility index (Phi) is 4.66. The van der Waals surface area contributed by atoms with Crippen LogP contribution in [-0.4, -0.2) is 46.8 Å². The summed E-state index contributed by atoms with van der Waals surface area (Å²) in [5.74, 6) is 0.415. The van der Waals surface area contributed by atoms with Gasteiger partial charge in [0.2, 0.25) is 0 Å². The lowest BCUT2D eigenvalue weighted by Gasteiger charge is -2.56. The van der Waals surface area contributed by atoms with Crippen LogP contribution in [0.15, 0.2) is 61.1 Å². The Morgan fingerprint density at radius 1 is 1.09 bits per heavy atom. The van der Waals surface area contributed by atoms with Crippen molar-refractivity contribution in [2.45, 2.75) is 18.8 Å². The molecule has 7 nitrogen and oxygen atoms in total. The minimum Gasteiger partial charge on any atom is -0.380 e. The maximum Gasteiger partial charge on any atom is 0.259 e. The van der Waals surface area contributed by atoms with Gasteiger partial charge in [-0.15, -0.1) is 0 Å². The number of nitrogens with zero attached hydrogens (tertiary/aromatic N) is 4. The molecule has 1 amide bonds. The second-order valence-electron chi connectivity index (χ2n) is 10.0. The van der Waals surface area contributed by atoms with Crippen LogP contribution in [0.1, 0.15) is 34.7 Å². The van der Waals surface area contributed by atoms with Gasteiger partial charge < -0.3 is 15.0 Å². The third kappa shape index (κ3) is 3.66. The highest BCUT2D eigenvalue weighted by molar-refractivity contribution is 6.34. The van der Waals surface area contributed by atoms with E-state index in [-0.39, 0.29) is 5.91 Å². The molecule has 3 aliphatic rings. The number of nitrogens with one attached hydrogen (secondary N) is 1. The first-order valence-corrected chi connectivity index (χ1v) is 12.3. The number of halogens is 1. The highest BCUT2D eigenvalue weighted by Gasteiger charge is 2.49. The quantitative estimate of drug-likeness (QED) is 0.430. The Morgan fingerprint density at radius 2 is 1.94 bits per heavy atom. The summed E-state index contributed by atoms with van der Waals surface area (Å²) in [6.07, 6.45) is 7.94. The van der Waals surface area contributed by atoms with Crippen molar-refractivity contribution in [3.63, 3.8) is 0 Å². The van der Waals surface area contributed by atoms with Gasteiger partial charge in [-0.25, -0.2) is 4.52 Å². The number of carbonyl (C=O) groups excluding carboxylic acids is 1. The van der Waals surface area contributed by atoms with E-state index in [1.54, 1.807) is 16.8 Å². The molecule has 8 heteroatoms. The summed E-state index contributed by atoms with van der Waals surface area (Å²) >= 11 is 6.45. The SMILES string of the molecule is O=C(Nc1cc(-c2ccc(C3CC3)cn2)ccc1Cl)c1cnn2ccc(N3CC4(COC4)C3)cc12. The fourth-order valence-electron chi connectivity index (χ4n) is 5.06. The van der Waals surface area contributed by atoms with Crippen molar-refractivity contribution in [2.75, 3.05) is 36.5 Å². The third-order valence-electron chi connectivity index (χ3n) is 7.33. The number of hydrogen-bond acceptors (Lipinski definition) is 5. The standard InChI is InChI=1S/C27H24ClN5O2/c28-22-5-3-18(23-6-4-19(11-29-23)17-1-2-17)9-24(22)31-26(34)21-12-30-33-8-7-20(10-25(21)33)32-13-27(14-32)15-35-16-27/h3-12,17H,1-2,13-16H2,(H,31,34). The third-order valence-corrected chi connectivity index (χ3v) is 7.66. The van der Waals surface area contributed by atoms with Gasteiger partial charge in [0, 0.05) is 36.7 Å². The molecule has 35 heavy (non-hydrogen) atoms. The van der Waals surface area contributed by atoms with E-state index in [0.29, 0.717) is 27.6 Å².